The van der Waals surface area contributed by atoms with Gasteiger partial charge in [0.05, 0.1) is 6.10 Å². The molecule has 3 heteroatoms. The minimum atomic E-state index is -0.236. The maximum absolute atomic E-state index is 9.99. The fourth-order valence-electron chi connectivity index (χ4n) is 0.936. The molecule has 0 aromatic rings. The van der Waals surface area contributed by atoms with Crippen LogP contribution >= 0.6 is 11.8 Å². The fourth-order valence-corrected chi connectivity index (χ4v) is 2.25. The zero-order valence-corrected chi connectivity index (χ0v) is 5.93. The van der Waals surface area contributed by atoms with Gasteiger partial charge in [-0.2, -0.15) is 11.8 Å². The molecule has 0 aliphatic carbocycles. The number of rotatable bonds is 2. The lowest BCUT2D eigenvalue weighted by molar-refractivity contribution is -0.109. The lowest BCUT2D eigenvalue weighted by Gasteiger charge is -2.07. The van der Waals surface area contributed by atoms with E-state index in [4.69, 9.17) is 5.11 Å². The molecule has 0 radical (unpaired) electrons. The van der Waals surface area contributed by atoms with Gasteiger partial charge in [0.1, 0.15) is 6.29 Å². The summed E-state index contributed by atoms with van der Waals surface area (Å²) in [4.78, 5) is 9.99. The summed E-state index contributed by atoms with van der Waals surface area (Å²) in [5.74, 6) is 1.98. The average Bonchev–Trinajstić information content (AvgIpc) is 2.18. The third-order valence-electron chi connectivity index (χ3n) is 1.56. The molecule has 0 spiro atoms. The van der Waals surface area contributed by atoms with Crippen molar-refractivity contribution in [1.82, 2.24) is 0 Å². The van der Waals surface area contributed by atoms with Gasteiger partial charge in [0.25, 0.3) is 0 Å². The molecule has 1 fully saturated rings. The second-order valence-electron chi connectivity index (χ2n) is 2.27. The lowest BCUT2D eigenvalue weighted by Crippen LogP contribution is -2.17. The molecule has 2 unspecified atom stereocenters. The van der Waals surface area contributed by atoms with Crippen LogP contribution in [0.2, 0.25) is 0 Å². The van der Waals surface area contributed by atoms with Crippen molar-refractivity contribution in [2.75, 3.05) is 11.5 Å². The number of thioether (sulfide) groups is 1. The zero-order valence-electron chi connectivity index (χ0n) is 5.12. The summed E-state index contributed by atoms with van der Waals surface area (Å²) < 4.78 is 0. The first kappa shape index (κ1) is 7.09. The molecule has 0 bridgehead atoms. The standard InChI is InChI=1S/C6H10O2S/c7-2-1-5-3-9-4-6(5)8/h2,5-6,8H,1,3-4H2. The molecule has 1 N–H and O–H groups in total. The Morgan fingerprint density at radius 1 is 1.67 bits per heavy atom. The van der Waals surface area contributed by atoms with Gasteiger partial charge < -0.3 is 9.90 Å². The predicted octanol–water partition coefficient (Wildman–Crippen LogP) is 0.299. The van der Waals surface area contributed by atoms with Gasteiger partial charge in [0.15, 0.2) is 0 Å². The highest BCUT2D eigenvalue weighted by atomic mass is 32.2. The van der Waals surface area contributed by atoms with Gasteiger partial charge in [-0.05, 0) is 5.75 Å². The second-order valence-corrected chi connectivity index (χ2v) is 3.34. The number of hydrogen-bond acceptors (Lipinski definition) is 3. The van der Waals surface area contributed by atoms with Crippen LogP contribution in [0.5, 0.6) is 0 Å². The van der Waals surface area contributed by atoms with E-state index in [1.807, 2.05) is 0 Å². The third-order valence-corrected chi connectivity index (χ3v) is 2.80. The summed E-state index contributed by atoms with van der Waals surface area (Å²) >= 11 is 1.72. The van der Waals surface area contributed by atoms with Crippen LogP contribution in [0.25, 0.3) is 0 Å². The smallest absolute Gasteiger partial charge is 0.120 e. The molecule has 2 atom stereocenters. The van der Waals surface area contributed by atoms with E-state index in [1.54, 1.807) is 11.8 Å². The van der Waals surface area contributed by atoms with Crippen molar-refractivity contribution in [3.63, 3.8) is 0 Å². The van der Waals surface area contributed by atoms with Crippen LogP contribution in [0.4, 0.5) is 0 Å². The SMILES string of the molecule is O=CCC1CSCC1O. The van der Waals surface area contributed by atoms with E-state index >= 15 is 0 Å². The molecule has 1 saturated heterocycles. The molecule has 1 aliphatic heterocycles. The van der Waals surface area contributed by atoms with Crippen molar-refractivity contribution in [3.05, 3.63) is 0 Å². The molecule has 1 heterocycles. The first-order chi connectivity index (χ1) is 4.34. The summed E-state index contributed by atoms with van der Waals surface area (Å²) in [5.41, 5.74) is 0. The van der Waals surface area contributed by atoms with Gasteiger partial charge in [-0.1, -0.05) is 0 Å². The van der Waals surface area contributed by atoms with E-state index in [9.17, 15) is 4.79 Å². The summed E-state index contributed by atoms with van der Waals surface area (Å²) in [7, 11) is 0. The topological polar surface area (TPSA) is 37.3 Å². The van der Waals surface area contributed by atoms with Crippen LogP contribution in [0.3, 0.4) is 0 Å². The highest BCUT2D eigenvalue weighted by Gasteiger charge is 2.24. The Bertz CT molecular complexity index is 105. The highest BCUT2D eigenvalue weighted by molar-refractivity contribution is 7.99. The second kappa shape index (κ2) is 3.22. The number of aliphatic hydroxyl groups is 1. The van der Waals surface area contributed by atoms with Gasteiger partial charge in [-0.25, -0.2) is 0 Å². The maximum Gasteiger partial charge on any atom is 0.120 e. The Morgan fingerprint density at radius 2 is 2.44 bits per heavy atom. The molecular weight excluding hydrogens is 136 g/mol. The fraction of sp³-hybridized carbons (Fsp3) is 0.833. The lowest BCUT2D eigenvalue weighted by atomic mass is 10.0. The molecule has 9 heavy (non-hydrogen) atoms. The van der Waals surface area contributed by atoms with Crippen LogP contribution in [-0.2, 0) is 4.79 Å². The average molecular weight is 146 g/mol. The van der Waals surface area contributed by atoms with E-state index in [1.165, 1.54) is 0 Å². The van der Waals surface area contributed by atoms with E-state index in [2.05, 4.69) is 0 Å². The van der Waals surface area contributed by atoms with Gasteiger partial charge in [-0.15, -0.1) is 0 Å². The van der Waals surface area contributed by atoms with Crippen molar-refractivity contribution >= 4 is 18.0 Å². The predicted molar refractivity (Wildman–Crippen MR) is 37.5 cm³/mol. The molecule has 0 aromatic heterocycles. The number of aldehydes is 1. The molecule has 1 aliphatic rings. The molecule has 0 saturated carbocycles. The Hall–Kier alpha value is -0.0200. The minimum absolute atomic E-state index is 0.229. The van der Waals surface area contributed by atoms with Crippen LogP contribution in [-0.4, -0.2) is 29.0 Å². The third kappa shape index (κ3) is 1.69. The van der Waals surface area contributed by atoms with Gasteiger partial charge in [-0.3, -0.25) is 0 Å². The highest BCUT2D eigenvalue weighted by Crippen LogP contribution is 2.25. The van der Waals surface area contributed by atoms with Crippen molar-refractivity contribution in [2.24, 2.45) is 5.92 Å². The normalized spacial score (nSPS) is 34.8. The van der Waals surface area contributed by atoms with Crippen molar-refractivity contribution in [2.45, 2.75) is 12.5 Å². The van der Waals surface area contributed by atoms with Crippen molar-refractivity contribution < 1.29 is 9.90 Å². The van der Waals surface area contributed by atoms with Crippen LogP contribution < -0.4 is 0 Å². The quantitative estimate of drug-likeness (QED) is 0.569. The largest absolute Gasteiger partial charge is 0.392 e. The first-order valence-electron chi connectivity index (χ1n) is 3.04. The molecule has 0 aromatic carbocycles. The van der Waals surface area contributed by atoms with E-state index in [0.29, 0.717) is 6.42 Å². The van der Waals surface area contributed by atoms with Crippen molar-refractivity contribution in [3.8, 4) is 0 Å². The Balaban J connectivity index is 2.30. The summed E-state index contributed by atoms with van der Waals surface area (Å²) in [6, 6.07) is 0. The molecule has 2 nitrogen and oxygen atoms in total. The molecular formula is C6H10O2S. The number of hydrogen-bond donors (Lipinski definition) is 1. The number of carbonyl (C=O) groups excluding carboxylic acids is 1. The maximum atomic E-state index is 9.99. The van der Waals surface area contributed by atoms with E-state index in [0.717, 1.165) is 17.8 Å². The zero-order chi connectivity index (χ0) is 6.69. The molecule has 52 valence electrons. The Morgan fingerprint density at radius 3 is 2.89 bits per heavy atom. The van der Waals surface area contributed by atoms with Gasteiger partial charge in [0, 0.05) is 18.1 Å². The number of carbonyl (C=O) groups is 1. The van der Waals surface area contributed by atoms with Gasteiger partial charge >= 0.3 is 0 Å². The minimum Gasteiger partial charge on any atom is -0.392 e. The van der Waals surface area contributed by atoms with Crippen LogP contribution in [0.15, 0.2) is 0 Å². The van der Waals surface area contributed by atoms with E-state index in [-0.39, 0.29) is 12.0 Å². The van der Waals surface area contributed by atoms with Gasteiger partial charge in [0.2, 0.25) is 0 Å². The van der Waals surface area contributed by atoms with Crippen LogP contribution in [0, 0.1) is 5.92 Å². The monoisotopic (exact) mass is 146 g/mol. The van der Waals surface area contributed by atoms with E-state index < -0.39 is 0 Å². The summed E-state index contributed by atoms with van der Waals surface area (Å²) in [6.07, 6.45) is 1.17. The Labute approximate surface area is 58.6 Å². The Kier molecular flexibility index (Phi) is 2.54. The molecule has 0 amide bonds. The van der Waals surface area contributed by atoms with Crippen LogP contribution in [0.1, 0.15) is 6.42 Å². The molecule has 1 rings (SSSR count). The summed E-state index contributed by atoms with van der Waals surface area (Å²) in [5, 5.41) is 9.14. The number of aliphatic hydroxyl groups excluding tert-OH is 1. The summed E-state index contributed by atoms with van der Waals surface area (Å²) in [6.45, 7) is 0. The first-order valence-corrected chi connectivity index (χ1v) is 4.19. The van der Waals surface area contributed by atoms with Crippen molar-refractivity contribution in [1.29, 1.82) is 0 Å².